The average molecular weight is 363 g/mol. The minimum atomic E-state index is 0.510. The van der Waals surface area contributed by atoms with E-state index in [4.69, 9.17) is 11.6 Å². The molecule has 17 heavy (non-hydrogen) atoms. The van der Waals surface area contributed by atoms with Gasteiger partial charge in [-0.3, -0.25) is 4.68 Å². The van der Waals surface area contributed by atoms with Gasteiger partial charge in [0.1, 0.15) is 5.15 Å². The molecule has 0 spiro atoms. The molecule has 0 aliphatic carbocycles. The monoisotopic (exact) mass is 362 g/mol. The van der Waals surface area contributed by atoms with Crippen LogP contribution in [0, 0.1) is 10.5 Å². The summed E-state index contributed by atoms with van der Waals surface area (Å²) in [4.78, 5) is 8.86. The van der Waals surface area contributed by atoms with E-state index in [2.05, 4.69) is 44.6 Å². The van der Waals surface area contributed by atoms with Crippen LogP contribution in [0.4, 0.5) is 0 Å². The molecule has 2 heterocycles. The summed E-state index contributed by atoms with van der Waals surface area (Å²) in [7, 11) is 1.90. The van der Waals surface area contributed by atoms with Crippen LogP contribution in [0.3, 0.4) is 0 Å². The third-order valence-electron chi connectivity index (χ3n) is 2.69. The van der Waals surface area contributed by atoms with E-state index in [9.17, 15) is 0 Å². The molecule has 0 bridgehead atoms. The molecule has 2 aromatic heterocycles. The summed E-state index contributed by atoms with van der Waals surface area (Å²) in [6.07, 6.45) is 2.61. The first kappa shape index (κ1) is 12.8. The minimum absolute atomic E-state index is 0.510. The summed E-state index contributed by atoms with van der Waals surface area (Å²) >= 11 is 8.30. The molecule has 0 aliphatic heterocycles. The largest absolute Gasteiger partial charge is 0.272 e. The predicted molar refractivity (Wildman–Crippen MR) is 76.1 cm³/mol. The molecule has 0 N–H and O–H groups in total. The first-order valence-electron chi connectivity index (χ1n) is 5.25. The second-order valence-corrected chi connectivity index (χ2v) is 5.16. The molecule has 0 aromatic carbocycles. The summed E-state index contributed by atoms with van der Waals surface area (Å²) in [5.41, 5.74) is 2.94. The van der Waals surface area contributed by atoms with Crippen molar-refractivity contribution in [2.45, 2.75) is 20.3 Å². The summed E-state index contributed by atoms with van der Waals surface area (Å²) < 4.78 is 2.73. The molecule has 0 fully saturated rings. The zero-order chi connectivity index (χ0) is 12.6. The Hall–Kier alpha value is -0.690. The SMILES string of the molecule is CCc1nc(-c2cnn(C)c2C)nc(Cl)c1I. The van der Waals surface area contributed by atoms with Gasteiger partial charge >= 0.3 is 0 Å². The standard InChI is InChI=1S/C11H12ClIN4/c1-4-8-9(13)10(12)16-11(15-8)7-5-14-17(3)6(7)2/h5H,4H2,1-3H3. The van der Waals surface area contributed by atoms with Crippen LogP contribution in [0.5, 0.6) is 0 Å². The van der Waals surface area contributed by atoms with Gasteiger partial charge in [-0.15, -0.1) is 0 Å². The number of hydrogen-bond donors (Lipinski definition) is 0. The topological polar surface area (TPSA) is 43.6 Å². The highest BCUT2D eigenvalue weighted by molar-refractivity contribution is 14.1. The minimum Gasteiger partial charge on any atom is -0.272 e. The zero-order valence-corrected chi connectivity index (χ0v) is 12.7. The summed E-state index contributed by atoms with van der Waals surface area (Å²) in [6.45, 7) is 4.05. The Labute approximate surface area is 119 Å². The van der Waals surface area contributed by atoms with Gasteiger partial charge < -0.3 is 0 Å². The van der Waals surface area contributed by atoms with Crippen molar-refractivity contribution in [3.8, 4) is 11.4 Å². The van der Waals surface area contributed by atoms with Gasteiger partial charge in [0.25, 0.3) is 0 Å². The van der Waals surface area contributed by atoms with Gasteiger partial charge in [0.2, 0.25) is 0 Å². The molecule has 0 atom stereocenters. The fraction of sp³-hybridized carbons (Fsp3) is 0.364. The molecule has 2 aromatic rings. The highest BCUT2D eigenvalue weighted by atomic mass is 127. The summed E-state index contributed by atoms with van der Waals surface area (Å²) in [6, 6.07) is 0. The maximum Gasteiger partial charge on any atom is 0.164 e. The maximum absolute atomic E-state index is 6.12. The van der Waals surface area contributed by atoms with E-state index >= 15 is 0 Å². The molecule has 0 aliphatic rings. The number of aryl methyl sites for hydroxylation is 2. The highest BCUT2D eigenvalue weighted by Crippen LogP contribution is 2.25. The highest BCUT2D eigenvalue weighted by Gasteiger charge is 2.14. The van der Waals surface area contributed by atoms with E-state index in [0.29, 0.717) is 11.0 Å². The van der Waals surface area contributed by atoms with Crippen LogP contribution in [0.15, 0.2) is 6.20 Å². The summed E-state index contributed by atoms with van der Waals surface area (Å²) in [5.74, 6) is 0.651. The molecular formula is C11H12ClIN4. The van der Waals surface area contributed by atoms with Crippen molar-refractivity contribution in [2.75, 3.05) is 0 Å². The summed E-state index contributed by atoms with van der Waals surface area (Å²) in [5, 5.41) is 4.70. The van der Waals surface area contributed by atoms with Gasteiger partial charge in [-0.1, -0.05) is 18.5 Å². The lowest BCUT2D eigenvalue weighted by atomic mass is 10.2. The molecule has 0 amide bonds. The van der Waals surface area contributed by atoms with Crippen molar-refractivity contribution in [1.29, 1.82) is 0 Å². The molecule has 4 nitrogen and oxygen atoms in total. The van der Waals surface area contributed by atoms with Gasteiger partial charge in [-0.25, -0.2) is 9.97 Å². The molecule has 0 saturated heterocycles. The van der Waals surface area contributed by atoms with Gasteiger partial charge in [-0.05, 0) is 35.9 Å². The van der Waals surface area contributed by atoms with Crippen molar-refractivity contribution in [3.63, 3.8) is 0 Å². The van der Waals surface area contributed by atoms with Gasteiger partial charge in [0.15, 0.2) is 5.82 Å². The third kappa shape index (κ3) is 2.30. The lowest BCUT2D eigenvalue weighted by Crippen LogP contribution is -2.00. The first-order valence-corrected chi connectivity index (χ1v) is 6.71. The van der Waals surface area contributed by atoms with E-state index in [0.717, 1.165) is 26.9 Å². The third-order valence-corrected chi connectivity index (χ3v) is 4.42. The molecule has 0 unspecified atom stereocenters. The number of rotatable bonds is 2. The lowest BCUT2D eigenvalue weighted by Gasteiger charge is -2.06. The number of nitrogens with zero attached hydrogens (tertiary/aromatic N) is 4. The number of aromatic nitrogens is 4. The van der Waals surface area contributed by atoms with E-state index in [1.807, 2.05) is 14.0 Å². The van der Waals surface area contributed by atoms with Crippen LogP contribution in [0.2, 0.25) is 5.15 Å². The predicted octanol–water partition coefficient (Wildman–Crippen LogP) is 3.01. The molecule has 2 rings (SSSR count). The van der Waals surface area contributed by atoms with E-state index < -0.39 is 0 Å². The van der Waals surface area contributed by atoms with Crippen LogP contribution in [0.1, 0.15) is 18.3 Å². The smallest absolute Gasteiger partial charge is 0.164 e. The Balaban J connectivity index is 2.61. The van der Waals surface area contributed by atoms with Crippen LogP contribution in [-0.4, -0.2) is 19.7 Å². The second-order valence-electron chi connectivity index (χ2n) is 3.72. The fourth-order valence-corrected chi connectivity index (χ4v) is 2.35. The van der Waals surface area contributed by atoms with Crippen molar-refractivity contribution in [3.05, 3.63) is 26.3 Å². The van der Waals surface area contributed by atoms with E-state index in [1.165, 1.54) is 0 Å². The Bertz CT molecular complexity index is 565. The van der Waals surface area contributed by atoms with Crippen LogP contribution < -0.4 is 0 Å². The van der Waals surface area contributed by atoms with Crippen LogP contribution in [0.25, 0.3) is 11.4 Å². The van der Waals surface area contributed by atoms with Crippen molar-refractivity contribution < 1.29 is 0 Å². The van der Waals surface area contributed by atoms with Gasteiger partial charge in [0.05, 0.1) is 21.0 Å². The van der Waals surface area contributed by atoms with Crippen LogP contribution >= 0.6 is 34.2 Å². The van der Waals surface area contributed by atoms with E-state index in [-0.39, 0.29) is 0 Å². The zero-order valence-electron chi connectivity index (χ0n) is 9.83. The van der Waals surface area contributed by atoms with Crippen molar-refractivity contribution in [1.82, 2.24) is 19.7 Å². The first-order chi connectivity index (χ1) is 8.04. The van der Waals surface area contributed by atoms with E-state index in [1.54, 1.807) is 10.9 Å². The quantitative estimate of drug-likeness (QED) is 0.609. The average Bonchev–Trinajstić information content (AvgIpc) is 2.64. The Kier molecular flexibility index (Phi) is 3.67. The molecule has 0 saturated carbocycles. The molecule has 0 radical (unpaired) electrons. The van der Waals surface area contributed by atoms with Gasteiger partial charge in [0, 0.05) is 12.7 Å². The van der Waals surface area contributed by atoms with Crippen molar-refractivity contribution >= 4 is 34.2 Å². The van der Waals surface area contributed by atoms with Gasteiger partial charge in [-0.2, -0.15) is 5.10 Å². The molecule has 90 valence electrons. The van der Waals surface area contributed by atoms with Crippen LogP contribution in [-0.2, 0) is 13.5 Å². The normalized spacial score (nSPS) is 10.9. The number of halogens is 2. The second kappa shape index (κ2) is 4.89. The number of hydrogen-bond acceptors (Lipinski definition) is 3. The lowest BCUT2D eigenvalue weighted by molar-refractivity contribution is 0.740. The fourth-order valence-electron chi connectivity index (χ4n) is 1.54. The maximum atomic E-state index is 6.12. The Morgan fingerprint density at radius 3 is 2.65 bits per heavy atom. The Morgan fingerprint density at radius 2 is 2.12 bits per heavy atom. The molecular weight excluding hydrogens is 351 g/mol. The molecule has 6 heteroatoms. The van der Waals surface area contributed by atoms with Crippen molar-refractivity contribution in [2.24, 2.45) is 7.05 Å². The Morgan fingerprint density at radius 1 is 1.41 bits per heavy atom.